The lowest BCUT2D eigenvalue weighted by molar-refractivity contribution is 0.867. The molecule has 0 aliphatic rings. The number of benzene rings is 1. The van der Waals surface area contributed by atoms with Gasteiger partial charge in [-0.3, -0.25) is 0 Å². The molecule has 1 aromatic rings. The van der Waals surface area contributed by atoms with Crippen LogP contribution in [0.2, 0.25) is 0 Å². The van der Waals surface area contributed by atoms with E-state index in [9.17, 15) is 0 Å². The Morgan fingerprint density at radius 3 is 1.67 bits per heavy atom. The van der Waals surface area contributed by atoms with Crippen molar-refractivity contribution in [1.29, 1.82) is 0 Å². The van der Waals surface area contributed by atoms with Crippen LogP contribution in [0.3, 0.4) is 0 Å². The van der Waals surface area contributed by atoms with E-state index in [0.717, 1.165) is 5.69 Å². The number of nitrogens with two attached hydrogens (primary N) is 1. The fourth-order valence-electron chi connectivity index (χ4n) is 0.881. The molecule has 0 radical (unpaired) electrons. The molecular weight excluding hydrogens is 182 g/mol. The molecule has 0 aliphatic heterocycles. The molecule has 1 aromatic carbocycles. The third kappa shape index (κ3) is 8.04. The van der Waals surface area contributed by atoms with Crippen molar-refractivity contribution in [2.75, 3.05) is 5.73 Å². The average Bonchev–Trinajstić information content (AvgIpc) is 2.19. The number of nitrogen functional groups attached to an aromatic ring is 1. The van der Waals surface area contributed by atoms with E-state index in [0.29, 0.717) is 5.92 Å². The molecule has 88 valence electrons. The van der Waals surface area contributed by atoms with E-state index in [4.69, 9.17) is 5.73 Å². The van der Waals surface area contributed by atoms with Gasteiger partial charge < -0.3 is 5.73 Å². The fourth-order valence-corrected chi connectivity index (χ4v) is 0.881. The van der Waals surface area contributed by atoms with Crippen molar-refractivity contribution < 1.29 is 0 Å². The maximum absolute atomic E-state index is 5.53. The second-order valence-corrected chi connectivity index (χ2v) is 3.82. The summed E-state index contributed by atoms with van der Waals surface area (Å²) in [6.45, 7) is 8.71. The molecule has 1 rings (SSSR count). The van der Waals surface area contributed by atoms with E-state index in [2.05, 4.69) is 39.8 Å². The molecule has 0 aliphatic carbocycles. The Morgan fingerprint density at radius 2 is 1.40 bits per heavy atom. The van der Waals surface area contributed by atoms with Crippen LogP contribution in [0, 0.1) is 0 Å². The van der Waals surface area contributed by atoms with Gasteiger partial charge in [-0.2, -0.15) is 0 Å². The normalized spacial score (nSPS) is 8.87. The van der Waals surface area contributed by atoms with Crippen LogP contribution >= 0.6 is 0 Å². The topological polar surface area (TPSA) is 26.0 Å². The van der Waals surface area contributed by atoms with Crippen LogP contribution in [0.1, 0.15) is 59.4 Å². The van der Waals surface area contributed by atoms with Crippen molar-refractivity contribution >= 4 is 5.69 Å². The van der Waals surface area contributed by atoms with Crippen molar-refractivity contribution in [3.8, 4) is 0 Å². The van der Waals surface area contributed by atoms with E-state index in [1.165, 1.54) is 18.4 Å². The summed E-state index contributed by atoms with van der Waals surface area (Å²) in [5.41, 5.74) is 7.71. The Balaban J connectivity index is 0. The first kappa shape index (κ1) is 16.4. The molecule has 1 heteroatoms. The minimum Gasteiger partial charge on any atom is -0.399 e. The van der Waals surface area contributed by atoms with Gasteiger partial charge in [-0.25, -0.2) is 0 Å². The summed E-state index contributed by atoms with van der Waals surface area (Å²) < 4.78 is 0. The zero-order valence-electron chi connectivity index (χ0n) is 9.88. The predicted molar refractivity (Wildman–Crippen MR) is 72.3 cm³/mol. The second kappa shape index (κ2) is 9.57. The zero-order chi connectivity index (χ0) is 11.0. The summed E-state index contributed by atoms with van der Waals surface area (Å²) in [6, 6.07) is 8.02. The quantitative estimate of drug-likeness (QED) is 0.693. The molecule has 0 bridgehead atoms. The van der Waals surface area contributed by atoms with E-state index in [1.807, 2.05) is 12.1 Å². The van der Waals surface area contributed by atoms with Crippen LogP contribution in [0.25, 0.3) is 0 Å². The van der Waals surface area contributed by atoms with Crippen molar-refractivity contribution in [3.05, 3.63) is 29.8 Å². The highest BCUT2D eigenvalue weighted by Crippen LogP contribution is 2.14. The molecule has 0 saturated heterocycles. The Kier molecular flexibility index (Phi) is 10.5. The van der Waals surface area contributed by atoms with Gasteiger partial charge in [0.1, 0.15) is 0 Å². The number of anilines is 1. The maximum Gasteiger partial charge on any atom is 0.0314 e. The third-order valence-electron chi connectivity index (χ3n) is 2.10. The minimum atomic E-state index is 0. The van der Waals surface area contributed by atoms with Crippen LogP contribution in [0.4, 0.5) is 5.69 Å². The standard InChI is InChI=1S/C9H13N.C4H10.CH4/c1-7(2)8-3-5-9(10)6-4-8;1-3-4-2;/h3-7H,10H2,1-2H3;3-4H2,1-2H3;1H4. The van der Waals surface area contributed by atoms with Gasteiger partial charge in [0, 0.05) is 5.69 Å². The van der Waals surface area contributed by atoms with Gasteiger partial charge >= 0.3 is 0 Å². The van der Waals surface area contributed by atoms with Crippen LogP contribution in [0.15, 0.2) is 24.3 Å². The number of unbranched alkanes of at least 4 members (excludes halogenated alkanes) is 1. The highest BCUT2D eigenvalue weighted by atomic mass is 14.5. The first-order valence-corrected chi connectivity index (χ1v) is 5.47. The lowest BCUT2D eigenvalue weighted by Crippen LogP contribution is -1.88. The minimum absolute atomic E-state index is 0. The Bertz CT molecular complexity index is 222. The van der Waals surface area contributed by atoms with Crippen LogP contribution < -0.4 is 5.73 Å². The SMILES string of the molecule is C.CC(C)c1ccc(N)cc1.CCCC. The van der Waals surface area contributed by atoms with Gasteiger partial charge in [0.05, 0.1) is 0 Å². The van der Waals surface area contributed by atoms with Gasteiger partial charge in [0.15, 0.2) is 0 Å². The molecule has 0 amide bonds. The molecule has 0 heterocycles. The Labute approximate surface area is 95.7 Å². The van der Waals surface area contributed by atoms with Crippen LogP contribution in [0.5, 0.6) is 0 Å². The monoisotopic (exact) mass is 209 g/mol. The number of hydrogen-bond acceptors (Lipinski definition) is 1. The van der Waals surface area contributed by atoms with E-state index in [-0.39, 0.29) is 7.43 Å². The molecule has 0 atom stereocenters. The highest BCUT2D eigenvalue weighted by Gasteiger charge is 1.95. The average molecular weight is 209 g/mol. The van der Waals surface area contributed by atoms with Crippen molar-refractivity contribution in [1.82, 2.24) is 0 Å². The fraction of sp³-hybridized carbons (Fsp3) is 0.571. The molecular formula is C14H27N. The Hall–Kier alpha value is -0.980. The van der Waals surface area contributed by atoms with Gasteiger partial charge in [-0.15, -0.1) is 0 Å². The summed E-state index contributed by atoms with van der Waals surface area (Å²) in [5, 5.41) is 0. The van der Waals surface area contributed by atoms with Crippen molar-refractivity contribution in [2.24, 2.45) is 0 Å². The first-order chi connectivity index (χ1) is 6.61. The van der Waals surface area contributed by atoms with Gasteiger partial charge in [-0.1, -0.05) is 60.1 Å². The number of rotatable bonds is 2. The molecule has 15 heavy (non-hydrogen) atoms. The molecule has 0 unspecified atom stereocenters. The lowest BCUT2D eigenvalue weighted by atomic mass is 10.0. The molecule has 0 aromatic heterocycles. The molecule has 0 spiro atoms. The first-order valence-electron chi connectivity index (χ1n) is 5.47. The van der Waals surface area contributed by atoms with Gasteiger partial charge in [0.25, 0.3) is 0 Å². The summed E-state index contributed by atoms with van der Waals surface area (Å²) in [5.74, 6) is 0.598. The lowest BCUT2D eigenvalue weighted by Gasteiger charge is -2.03. The summed E-state index contributed by atoms with van der Waals surface area (Å²) in [6.07, 6.45) is 2.64. The third-order valence-corrected chi connectivity index (χ3v) is 2.10. The summed E-state index contributed by atoms with van der Waals surface area (Å²) >= 11 is 0. The van der Waals surface area contributed by atoms with Crippen molar-refractivity contribution in [2.45, 2.75) is 53.9 Å². The maximum atomic E-state index is 5.53. The van der Waals surface area contributed by atoms with Gasteiger partial charge in [0.2, 0.25) is 0 Å². The predicted octanol–water partition coefficient (Wildman–Crippen LogP) is 4.83. The van der Waals surface area contributed by atoms with Crippen LogP contribution in [-0.4, -0.2) is 0 Å². The summed E-state index contributed by atoms with van der Waals surface area (Å²) in [7, 11) is 0. The number of hydrogen-bond donors (Lipinski definition) is 1. The molecule has 0 fully saturated rings. The highest BCUT2D eigenvalue weighted by molar-refractivity contribution is 5.39. The second-order valence-electron chi connectivity index (χ2n) is 3.82. The zero-order valence-corrected chi connectivity index (χ0v) is 9.88. The summed E-state index contributed by atoms with van der Waals surface area (Å²) in [4.78, 5) is 0. The van der Waals surface area contributed by atoms with E-state index in [1.54, 1.807) is 0 Å². The smallest absolute Gasteiger partial charge is 0.0314 e. The van der Waals surface area contributed by atoms with E-state index < -0.39 is 0 Å². The van der Waals surface area contributed by atoms with Gasteiger partial charge in [-0.05, 0) is 23.6 Å². The van der Waals surface area contributed by atoms with Crippen molar-refractivity contribution in [3.63, 3.8) is 0 Å². The molecule has 2 N–H and O–H groups in total. The largest absolute Gasteiger partial charge is 0.399 e. The molecule has 0 saturated carbocycles. The van der Waals surface area contributed by atoms with E-state index >= 15 is 0 Å². The molecule has 1 nitrogen and oxygen atoms in total. The van der Waals surface area contributed by atoms with Crippen LogP contribution in [-0.2, 0) is 0 Å². The Morgan fingerprint density at radius 1 is 1.00 bits per heavy atom.